The van der Waals surface area contributed by atoms with Crippen molar-refractivity contribution in [3.8, 4) is 11.3 Å². The van der Waals surface area contributed by atoms with Gasteiger partial charge in [-0.3, -0.25) is 4.90 Å². The SMILES string of the molecule is Cc1noc(C)c1-c1cc(CC2CCCN(Cc3cnc[nH]3)CC2)ncn1. The first-order valence-electron chi connectivity index (χ1n) is 9.63. The fraction of sp³-hybridized carbons (Fsp3) is 0.500. The first kappa shape index (κ1) is 17.9. The molecular formula is C20H26N6O. The zero-order valence-electron chi connectivity index (χ0n) is 16.0. The zero-order valence-corrected chi connectivity index (χ0v) is 16.0. The summed E-state index contributed by atoms with van der Waals surface area (Å²) >= 11 is 0. The van der Waals surface area contributed by atoms with E-state index in [2.05, 4.69) is 36.1 Å². The topological polar surface area (TPSA) is 83.7 Å². The van der Waals surface area contributed by atoms with E-state index in [0.717, 1.165) is 54.5 Å². The van der Waals surface area contributed by atoms with E-state index in [1.54, 1.807) is 12.7 Å². The number of likely N-dealkylation sites (tertiary alicyclic amines) is 1. The third kappa shape index (κ3) is 4.24. The normalized spacial score (nSPS) is 18.5. The first-order chi connectivity index (χ1) is 13.2. The smallest absolute Gasteiger partial charge is 0.143 e. The van der Waals surface area contributed by atoms with Gasteiger partial charge in [0.05, 0.1) is 23.3 Å². The maximum absolute atomic E-state index is 5.29. The molecule has 3 aromatic heterocycles. The minimum absolute atomic E-state index is 0.657. The lowest BCUT2D eigenvalue weighted by Crippen LogP contribution is -2.24. The second-order valence-corrected chi connectivity index (χ2v) is 7.45. The molecule has 1 fully saturated rings. The Morgan fingerprint density at radius 3 is 2.93 bits per heavy atom. The van der Waals surface area contributed by atoms with Crippen molar-refractivity contribution in [2.75, 3.05) is 13.1 Å². The van der Waals surface area contributed by atoms with Crippen molar-refractivity contribution in [3.05, 3.63) is 47.8 Å². The summed E-state index contributed by atoms with van der Waals surface area (Å²) in [6.45, 7) is 7.09. The fourth-order valence-electron chi connectivity index (χ4n) is 3.99. The number of imidazole rings is 1. The van der Waals surface area contributed by atoms with Crippen LogP contribution in [-0.2, 0) is 13.0 Å². The number of H-pyrrole nitrogens is 1. The molecule has 1 atom stereocenters. The minimum atomic E-state index is 0.657. The summed E-state index contributed by atoms with van der Waals surface area (Å²) in [5.74, 6) is 1.46. The van der Waals surface area contributed by atoms with Gasteiger partial charge in [0, 0.05) is 24.1 Å². The number of rotatable bonds is 5. The van der Waals surface area contributed by atoms with E-state index in [4.69, 9.17) is 4.52 Å². The molecule has 0 saturated carbocycles. The number of hydrogen-bond acceptors (Lipinski definition) is 6. The van der Waals surface area contributed by atoms with Crippen LogP contribution >= 0.6 is 0 Å². The van der Waals surface area contributed by atoms with Crippen molar-refractivity contribution in [1.29, 1.82) is 0 Å². The molecule has 0 bridgehead atoms. The van der Waals surface area contributed by atoms with Gasteiger partial charge in [0.25, 0.3) is 0 Å². The van der Waals surface area contributed by atoms with Crippen molar-refractivity contribution in [2.24, 2.45) is 5.92 Å². The fourth-order valence-corrected chi connectivity index (χ4v) is 3.99. The van der Waals surface area contributed by atoms with E-state index in [-0.39, 0.29) is 0 Å². The van der Waals surface area contributed by atoms with E-state index < -0.39 is 0 Å². The predicted molar refractivity (Wildman–Crippen MR) is 102 cm³/mol. The highest BCUT2D eigenvalue weighted by Gasteiger charge is 2.19. The zero-order chi connectivity index (χ0) is 18.6. The summed E-state index contributed by atoms with van der Waals surface area (Å²) in [4.78, 5) is 18.8. The molecular weight excluding hydrogens is 340 g/mol. The van der Waals surface area contributed by atoms with Crippen LogP contribution in [0, 0.1) is 19.8 Å². The Kier molecular flexibility index (Phi) is 5.29. The van der Waals surface area contributed by atoms with Gasteiger partial charge in [0.15, 0.2) is 0 Å². The van der Waals surface area contributed by atoms with Crippen LogP contribution < -0.4 is 0 Å². The van der Waals surface area contributed by atoms with Crippen LogP contribution in [0.2, 0.25) is 0 Å². The average Bonchev–Trinajstić information content (AvgIpc) is 3.22. The van der Waals surface area contributed by atoms with Crippen molar-refractivity contribution in [1.82, 2.24) is 30.0 Å². The molecule has 0 aromatic carbocycles. The van der Waals surface area contributed by atoms with E-state index in [1.165, 1.54) is 25.0 Å². The highest BCUT2D eigenvalue weighted by atomic mass is 16.5. The van der Waals surface area contributed by atoms with Crippen molar-refractivity contribution in [2.45, 2.75) is 46.1 Å². The summed E-state index contributed by atoms with van der Waals surface area (Å²) in [6.07, 6.45) is 9.99. The van der Waals surface area contributed by atoms with Gasteiger partial charge in [-0.2, -0.15) is 0 Å². The van der Waals surface area contributed by atoms with Crippen LogP contribution in [-0.4, -0.2) is 43.1 Å². The third-order valence-corrected chi connectivity index (χ3v) is 5.40. The van der Waals surface area contributed by atoms with Crippen LogP contribution in [0.1, 0.15) is 42.1 Å². The van der Waals surface area contributed by atoms with Gasteiger partial charge in [0.2, 0.25) is 0 Å². The monoisotopic (exact) mass is 366 g/mol. The molecule has 0 radical (unpaired) electrons. The Labute approximate surface area is 159 Å². The number of aryl methyl sites for hydroxylation is 2. The second kappa shape index (κ2) is 8.00. The molecule has 7 nitrogen and oxygen atoms in total. The highest BCUT2D eigenvalue weighted by Crippen LogP contribution is 2.27. The standard InChI is InChI=1S/C20H26N6O/c1-14-20(15(2)27-25-14)19-9-17(23-13-24-19)8-16-4-3-6-26(7-5-16)11-18-10-21-12-22-18/h9-10,12-13,16H,3-8,11H2,1-2H3,(H,21,22). The third-order valence-electron chi connectivity index (χ3n) is 5.40. The van der Waals surface area contributed by atoms with Crippen LogP contribution in [0.4, 0.5) is 0 Å². The Bertz CT molecular complexity index is 853. The Morgan fingerprint density at radius 2 is 2.15 bits per heavy atom. The highest BCUT2D eigenvalue weighted by molar-refractivity contribution is 5.63. The molecule has 1 N–H and O–H groups in total. The molecule has 27 heavy (non-hydrogen) atoms. The van der Waals surface area contributed by atoms with Crippen LogP contribution in [0.25, 0.3) is 11.3 Å². The Balaban J connectivity index is 1.40. The summed E-state index contributed by atoms with van der Waals surface area (Å²) < 4.78 is 5.29. The molecule has 0 spiro atoms. The molecule has 0 amide bonds. The van der Waals surface area contributed by atoms with Gasteiger partial charge >= 0.3 is 0 Å². The number of nitrogens with zero attached hydrogens (tertiary/aromatic N) is 5. The van der Waals surface area contributed by atoms with Gasteiger partial charge in [-0.15, -0.1) is 0 Å². The summed E-state index contributed by atoms with van der Waals surface area (Å²) in [5, 5.41) is 4.04. The van der Waals surface area contributed by atoms with E-state index in [9.17, 15) is 0 Å². The van der Waals surface area contributed by atoms with Crippen molar-refractivity contribution >= 4 is 0 Å². The van der Waals surface area contributed by atoms with Gasteiger partial charge in [-0.25, -0.2) is 15.0 Å². The maximum Gasteiger partial charge on any atom is 0.143 e. The predicted octanol–water partition coefficient (Wildman–Crippen LogP) is 3.32. The quantitative estimate of drug-likeness (QED) is 0.746. The largest absolute Gasteiger partial charge is 0.361 e. The molecule has 0 aliphatic carbocycles. The van der Waals surface area contributed by atoms with Crippen molar-refractivity contribution in [3.63, 3.8) is 0 Å². The van der Waals surface area contributed by atoms with E-state index in [0.29, 0.717) is 5.92 Å². The van der Waals surface area contributed by atoms with Crippen LogP contribution in [0.15, 0.2) is 29.4 Å². The lowest BCUT2D eigenvalue weighted by Gasteiger charge is -2.19. The van der Waals surface area contributed by atoms with Gasteiger partial charge < -0.3 is 9.51 Å². The van der Waals surface area contributed by atoms with Gasteiger partial charge in [-0.1, -0.05) is 5.16 Å². The maximum atomic E-state index is 5.29. The number of nitrogens with one attached hydrogen (secondary N) is 1. The van der Waals surface area contributed by atoms with Crippen LogP contribution in [0.5, 0.6) is 0 Å². The molecule has 3 aromatic rings. The summed E-state index contributed by atoms with van der Waals surface area (Å²) in [7, 11) is 0. The van der Waals surface area contributed by atoms with E-state index >= 15 is 0 Å². The van der Waals surface area contributed by atoms with Crippen LogP contribution in [0.3, 0.4) is 0 Å². The molecule has 4 rings (SSSR count). The molecule has 1 aliphatic rings. The molecule has 4 heterocycles. The second-order valence-electron chi connectivity index (χ2n) is 7.45. The Hall–Kier alpha value is -2.54. The first-order valence-corrected chi connectivity index (χ1v) is 9.63. The molecule has 142 valence electrons. The molecule has 1 saturated heterocycles. The average molecular weight is 366 g/mol. The minimum Gasteiger partial charge on any atom is -0.361 e. The Morgan fingerprint density at radius 1 is 1.22 bits per heavy atom. The van der Waals surface area contributed by atoms with E-state index in [1.807, 2.05) is 20.0 Å². The number of hydrogen-bond donors (Lipinski definition) is 1. The van der Waals surface area contributed by atoms with Crippen molar-refractivity contribution < 1.29 is 4.52 Å². The molecule has 7 heteroatoms. The summed E-state index contributed by atoms with van der Waals surface area (Å²) in [5.41, 5.74) is 5.07. The van der Waals surface area contributed by atoms with Gasteiger partial charge in [-0.05, 0) is 64.6 Å². The lowest BCUT2D eigenvalue weighted by atomic mass is 9.94. The van der Waals surface area contributed by atoms with Gasteiger partial charge in [0.1, 0.15) is 12.1 Å². The molecule has 1 aliphatic heterocycles. The summed E-state index contributed by atoms with van der Waals surface area (Å²) in [6, 6.07) is 2.10. The number of aromatic amines is 1. The lowest BCUT2D eigenvalue weighted by molar-refractivity contribution is 0.269. The molecule has 1 unspecified atom stereocenters. The number of aromatic nitrogens is 5.